The second-order valence-corrected chi connectivity index (χ2v) is 9.13. The van der Waals surface area contributed by atoms with Crippen LogP contribution in [-0.4, -0.2) is 43.0 Å². The van der Waals surface area contributed by atoms with E-state index in [0.29, 0.717) is 34.0 Å². The van der Waals surface area contributed by atoms with Crippen molar-refractivity contribution in [3.05, 3.63) is 93.4 Å². The molecule has 0 bridgehead atoms. The lowest BCUT2D eigenvalue weighted by atomic mass is 10.0. The molecule has 2 amide bonds. The topological polar surface area (TPSA) is 67.9 Å². The number of carbonyl (C=O) groups excluding carboxylic acids is 2. The Hall–Kier alpha value is -3.03. The minimum atomic E-state index is -0.728. The number of rotatable bonds is 11. The lowest BCUT2D eigenvalue weighted by molar-refractivity contribution is -0.142. The van der Waals surface area contributed by atoms with E-state index in [9.17, 15) is 9.59 Å². The summed E-state index contributed by atoms with van der Waals surface area (Å²) in [5.74, 6) is 0.623. The average Bonchev–Trinajstić information content (AvgIpc) is 2.86. The molecule has 0 unspecified atom stereocenters. The fourth-order valence-corrected chi connectivity index (χ4v) is 4.43. The number of hydrogen-bond donors (Lipinski definition) is 1. The van der Waals surface area contributed by atoms with Gasteiger partial charge in [0, 0.05) is 24.5 Å². The zero-order chi connectivity index (χ0) is 25.2. The van der Waals surface area contributed by atoms with Crippen LogP contribution in [-0.2, 0) is 22.6 Å². The van der Waals surface area contributed by atoms with E-state index in [4.69, 9.17) is 21.1 Å². The van der Waals surface area contributed by atoms with Crippen molar-refractivity contribution in [2.45, 2.75) is 25.9 Å². The minimum Gasteiger partial charge on any atom is -0.497 e. The van der Waals surface area contributed by atoms with Crippen LogP contribution in [0.3, 0.4) is 0 Å². The summed E-state index contributed by atoms with van der Waals surface area (Å²) in [5, 5.41) is 3.43. The largest absolute Gasteiger partial charge is 0.497 e. The monoisotopic (exact) mass is 558 g/mol. The second kappa shape index (κ2) is 13.2. The number of likely N-dealkylation sites (N-methyl/N-ethyl adjacent to an activating group) is 1. The fourth-order valence-electron chi connectivity index (χ4n) is 3.63. The zero-order valence-corrected chi connectivity index (χ0v) is 22.0. The Morgan fingerprint density at radius 3 is 2.46 bits per heavy atom. The van der Waals surface area contributed by atoms with Gasteiger partial charge in [0.2, 0.25) is 5.91 Å². The zero-order valence-electron chi connectivity index (χ0n) is 19.7. The number of benzene rings is 3. The summed E-state index contributed by atoms with van der Waals surface area (Å²) in [5.41, 5.74) is 1.79. The molecule has 0 spiro atoms. The minimum absolute atomic E-state index is 0.218. The summed E-state index contributed by atoms with van der Waals surface area (Å²) in [6, 6.07) is 21.4. The average molecular weight is 560 g/mol. The molecule has 8 heteroatoms. The molecule has 35 heavy (non-hydrogen) atoms. The van der Waals surface area contributed by atoms with E-state index in [1.165, 1.54) is 0 Å². The molecule has 3 aromatic rings. The Labute approximate surface area is 219 Å². The van der Waals surface area contributed by atoms with Crippen LogP contribution in [0.5, 0.6) is 11.5 Å². The van der Waals surface area contributed by atoms with E-state index in [1.54, 1.807) is 30.2 Å². The quantitative estimate of drug-likeness (QED) is 0.348. The van der Waals surface area contributed by atoms with E-state index in [-0.39, 0.29) is 25.0 Å². The normalized spacial score (nSPS) is 11.4. The number of halogens is 2. The van der Waals surface area contributed by atoms with Gasteiger partial charge in [-0.3, -0.25) is 9.59 Å². The second-order valence-electron chi connectivity index (χ2n) is 7.84. The Morgan fingerprint density at radius 1 is 1.03 bits per heavy atom. The highest BCUT2D eigenvalue weighted by Gasteiger charge is 2.30. The molecule has 1 N–H and O–H groups in total. The molecule has 0 saturated heterocycles. The molecule has 3 rings (SSSR count). The number of amides is 2. The number of nitrogens with one attached hydrogen (secondary N) is 1. The molecule has 0 saturated carbocycles. The Balaban J connectivity index is 1.91. The van der Waals surface area contributed by atoms with Crippen LogP contribution in [0.15, 0.2) is 77.3 Å². The van der Waals surface area contributed by atoms with Crippen molar-refractivity contribution < 1.29 is 19.1 Å². The number of methoxy groups -OCH3 is 1. The smallest absolute Gasteiger partial charge is 0.261 e. The molecular weight excluding hydrogens is 532 g/mol. The highest BCUT2D eigenvalue weighted by molar-refractivity contribution is 9.10. The van der Waals surface area contributed by atoms with E-state index in [0.717, 1.165) is 11.1 Å². The van der Waals surface area contributed by atoms with Crippen molar-refractivity contribution in [2.75, 3.05) is 20.3 Å². The van der Waals surface area contributed by atoms with Crippen molar-refractivity contribution in [3.63, 3.8) is 0 Å². The van der Waals surface area contributed by atoms with Gasteiger partial charge in [-0.15, -0.1) is 0 Å². The molecular formula is C27H28BrClN2O4. The van der Waals surface area contributed by atoms with Crippen LogP contribution in [0.4, 0.5) is 0 Å². The maximum absolute atomic E-state index is 13.5. The van der Waals surface area contributed by atoms with Gasteiger partial charge in [0.25, 0.3) is 5.91 Å². The molecule has 184 valence electrons. The number of nitrogens with zero attached hydrogens (tertiary/aromatic N) is 1. The maximum Gasteiger partial charge on any atom is 0.261 e. The summed E-state index contributed by atoms with van der Waals surface area (Å²) in [6.07, 6.45) is 0.368. The Morgan fingerprint density at radius 2 is 1.77 bits per heavy atom. The molecule has 3 aromatic carbocycles. The van der Waals surface area contributed by atoms with Crippen molar-refractivity contribution in [1.82, 2.24) is 10.2 Å². The molecule has 0 aliphatic rings. The third-order valence-corrected chi connectivity index (χ3v) is 6.21. The van der Waals surface area contributed by atoms with E-state index >= 15 is 0 Å². The lowest BCUT2D eigenvalue weighted by Gasteiger charge is -2.31. The van der Waals surface area contributed by atoms with Gasteiger partial charge in [0.15, 0.2) is 6.61 Å². The molecule has 0 fully saturated rings. The van der Waals surface area contributed by atoms with E-state index in [1.807, 2.05) is 61.5 Å². The van der Waals surface area contributed by atoms with Crippen LogP contribution < -0.4 is 14.8 Å². The standard InChI is InChI=1S/C27H28BrClN2O4/c1-3-30-27(33)24(15-19-8-5-4-6-9-19)31(17-20-10-7-11-22(14-20)34-2)26(32)18-35-25-13-12-21(29)16-23(25)28/h4-14,16,24H,3,15,17-18H2,1-2H3,(H,30,33)/t24-/m0/s1. The van der Waals surface area contributed by atoms with E-state index < -0.39 is 6.04 Å². The van der Waals surface area contributed by atoms with E-state index in [2.05, 4.69) is 21.2 Å². The summed E-state index contributed by atoms with van der Waals surface area (Å²) in [6.45, 7) is 2.29. The Bertz CT molecular complexity index is 1140. The van der Waals surface area contributed by atoms with Gasteiger partial charge < -0.3 is 19.7 Å². The first-order chi connectivity index (χ1) is 16.9. The first-order valence-corrected chi connectivity index (χ1v) is 12.4. The Kier molecular flexibility index (Phi) is 9.99. The van der Waals surface area contributed by atoms with Crippen LogP contribution in [0.2, 0.25) is 5.02 Å². The molecule has 0 aliphatic heterocycles. The van der Waals surface area contributed by atoms with Gasteiger partial charge in [0.1, 0.15) is 17.5 Å². The highest BCUT2D eigenvalue weighted by atomic mass is 79.9. The number of ether oxygens (including phenoxy) is 2. The predicted octanol–water partition coefficient (Wildman–Crippen LogP) is 5.27. The summed E-state index contributed by atoms with van der Waals surface area (Å²) in [7, 11) is 1.59. The first kappa shape index (κ1) is 26.6. The molecule has 1 atom stereocenters. The third kappa shape index (κ3) is 7.73. The van der Waals surface area contributed by atoms with Crippen molar-refractivity contribution in [1.29, 1.82) is 0 Å². The van der Waals surface area contributed by atoms with Gasteiger partial charge in [-0.1, -0.05) is 54.1 Å². The van der Waals surface area contributed by atoms with Gasteiger partial charge in [-0.05, 0) is 64.3 Å². The van der Waals surface area contributed by atoms with Crippen molar-refractivity contribution >= 4 is 39.3 Å². The van der Waals surface area contributed by atoms with Crippen LogP contribution in [0.25, 0.3) is 0 Å². The van der Waals surface area contributed by atoms with Gasteiger partial charge in [-0.25, -0.2) is 0 Å². The third-order valence-electron chi connectivity index (χ3n) is 5.35. The summed E-state index contributed by atoms with van der Waals surface area (Å²) >= 11 is 9.42. The lowest BCUT2D eigenvalue weighted by Crippen LogP contribution is -2.51. The first-order valence-electron chi connectivity index (χ1n) is 11.2. The number of carbonyl (C=O) groups is 2. The van der Waals surface area contributed by atoms with Crippen molar-refractivity contribution in [3.8, 4) is 11.5 Å². The van der Waals surface area contributed by atoms with Gasteiger partial charge >= 0.3 is 0 Å². The van der Waals surface area contributed by atoms with Gasteiger partial charge in [-0.2, -0.15) is 0 Å². The van der Waals surface area contributed by atoms with Gasteiger partial charge in [0.05, 0.1) is 11.6 Å². The van der Waals surface area contributed by atoms with Crippen molar-refractivity contribution in [2.24, 2.45) is 0 Å². The highest BCUT2D eigenvalue weighted by Crippen LogP contribution is 2.28. The summed E-state index contributed by atoms with van der Waals surface area (Å²) in [4.78, 5) is 28.3. The molecule has 0 aliphatic carbocycles. The maximum atomic E-state index is 13.5. The summed E-state index contributed by atoms with van der Waals surface area (Å²) < 4.78 is 11.8. The molecule has 0 heterocycles. The van der Waals surface area contributed by atoms with Crippen LogP contribution in [0.1, 0.15) is 18.1 Å². The van der Waals surface area contributed by atoms with Crippen LogP contribution >= 0.6 is 27.5 Å². The number of hydrogen-bond acceptors (Lipinski definition) is 4. The molecule has 0 aromatic heterocycles. The van der Waals surface area contributed by atoms with Crippen LogP contribution in [0, 0.1) is 0 Å². The molecule has 0 radical (unpaired) electrons. The SMILES string of the molecule is CCNC(=O)[C@H](Cc1ccccc1)N(Cc1cccc(OC)c1)C(=O)COc1ccc(Cl)cc1Br. The fraction of sp³-hybridized carbons (Fsp3) is 0.259. The molecule has 6 nitrogen and oxygen atoms in total. The predicted molar refractivity (Wildman–Crippen MR) is 141 cm³/mol.